The lowest BCUT2D eigenvalue weighted by molar-refractivity contribution is -0.285. The van der Waals surface area contributed by atoms with Gasteiger partial charge in [-0.2, -0.15) is 0 Å². The summed E-state index contributed by atoms with van der Waals surface area (Å²) in [5.74, 6) is -2.28. The van der Waals surface area contributed by atoms with Gasteiger partial charge in [0.15, 0.2) is 11.6 Å². The molecule has 0 aromatic carbocycles. The van der Waals surface area contributed by atoms with Crippen LogP contribution in [0.2, 0.25) is 0 Å². The third-order valence-electron chi connectivity index (χ3n) is 5.28. The SMILES string of the molecule is CC[C@H](CC[C@@]12OC[C@H]3OC(C)(C)O[C@H]3[C@@H]1OC(C)(C)O2)COC(C)=O. The van der Waals surface area contributed by atoms with Crippen molar-refractivity contribution in [1.82, 2.24) is 0 Å². The fourth-order valence-electron chi connectivity index (χ4n) is 4.11. The first-order valence-electron chi connectivity index (χ1n) is 9.57. The number of hydrogen-bond donors (Lipinski definition) is 0. The Balaban J connectivity index is 1.72. The van der Waals surface area contributed by atoms with E-state index in [1.54, 1.807) is 0 Å². The van der Waals surface area contributed by atoms with Crippen molar-refractivity contribution >= 4 is 5.97 Å². The molecule has 0 bridgehead atoms. The van der Waals surface area contributed by atoms with E-state index in [2.05, 4.69) is 6.92 Å². The van der Waals surface area contributed by atoms with Crippen LogP contribution in [-0.4, -0.2) is 54.9 Å². The van der Waals surface area contributed by atoms with Gasteiger partial charge in [-0.1, -0.05) is 13.3 Å². The van der Waals surface area contributed by atoms with E-state index in [9.17, 15) is 4.79 Å². The van der Waals surface area contributed by atoms with Gasteiger partial charge in [-0.15, -0.1) is 0 Å². The van der Waals surface area contributed by atoms with E-state index in [0.717, 1.165) is 12.8 Å². The second-order valence-corrected chi connectivity index (χ2v) is 8.42. The van der Waals surface area contributed by atoms with Crippen LogP contribution < -0.4 is 0 Å². The Morgan fingerprint density at radius 1 is 1.15 bits per heavy atom. The zero-order chi connectivity index (χ0) is 19.2. The van der Waals surface area contributed by atoms with E-state index in [1.807, 2.05) is 27.7 Å². The van der Waals surface area contributed by atoms with Crippen LogP contribution in [-0.2, 0) is 33.2 Å². The summed E-state index contributed by atoms with van der Waals surface area (Å²) in [5, 5.41) is 0. The topological polar surface area (TPSA) is 72.5 Å². The molecule has 26 heavy (non-hydrogen) atoms. The summed E-state index contributed by atoms with van der Waals surface area (Å²) in [7, 11) is 0. The average Bonchev–Trinajstić information content (AvgIpc) is 2.98. The molecule has 0 spiro atoms. The monoisotopic (exact) mass is 372 g/mol. The molecule has 0 radical (unpaired) electrons. The highest BCUT2D eigenvalue weighted by atomic mass is 16.9. The smallest absolute Gasteiger partial charge is 0.302 e. The number of esters is 1. The average molecular weight is 372 g/mol. The van der Waals surface area contributed by atoms with Gasteiger partial charge in [0, 0.05) is 13.3 Å². The van der Waals surface area contributed by atoms with Gasteiger partial charge in [-0.05, 0) is 40.0 Å². The molecule has 150 valence electrons. The Hall–Kier alpha value is -0.730. The Morgan fingerprint density at radius 2 is 1.88 bits per heavy atom. The van der Waals surface area contributed by atoms with Crippen LogP contribution in [0, 0.1) is 5.92 Å². The van der Waals surface area contributed by atoms with E-state index < -0.39 is 17.4 Å². The molecule has 7 heteroatoms. The molecule has 3 aliphatic heterocycles. The lowest BCUT2D eigenvalue weighted by Gasteiger charge is -2.41. The largest absolute Gasteiger partial charge is 0.466 e. The van der Waals surface area contributed by atoms with Crippen LogP contribution in [0.15, 0.2) is 0 Å². The molecule has 0 aliphatic carbocycles. The molecule has 5 atom stereocenters. The van der Waals surface area contributed by atoms with Gasteiger partial charge in [0.2, 0.25) is 5.79 Å². The van der Waals surface area contributed by atoms with Crippen molar-refractivity contribution in [3.05, 3.63) is 0 Å². The fraction of sp³-hybridized carbons (Fsp3) is 0.947. The molecule has 0 N–H and O–H groups in total. The third-order valence-corrected chi connectivity index (χ3v) is 5.28. The number of carbonyl (C=O) groups is 1. The van der Waals surface area contributed by atoms with Crippen molar-refractivity contribution in [2.24, 2.45) is 5.92 Å². The van der Waals surface area contributed by atoms with E-state index in [0.29, 0.717) is 19.6 Å². The molecule has 0 aromatic heterocycles. The van der Waals surface area contributed by atoms with Gasteiger partial charge < -0.3 is 28.4 Å². The van der Waals surface area contributed by atoms with Crippen molar-refractivity contribution in [2.45, 2.75) is 96.5 Å². The normalized spacial score (nSPS) is 38.5. The summed E-state index contributed by atoms with van der Waals surface area (Å²) in [6.45, 7) is 11.9. The van der Waals surface area contributed by atoms with Gasteiger partial charge in [0.05, 0.1) is 13.2 Å². The maximum Gasteiger partial charge on any atom is 0.302 e. The molecule has 3 heterocycles. The summed E-state index contributed by atoms with van der Waals surface area (Å²) in [5.41, 5.74) is 0. The Labute approximate surface area is 155 Å². The molecule has 3 aliphatic rings. The molecule has 0 amide bonds. The molecule has 7 nitrogen and oxygen atoms in total. The quantitative estimate of drug-likeness (QED) is 0.664. The minimum Gasteiger partial charge on any atom is -0.466 e. The van der Waals surface area contributed by atoms with Crippen LogP contribution in [0.1, 0.15) is 60.8 Å². The van der Waals surface area contributed by atoms with Crippen LogP contribution in [0.4, 0.5) is 0 Å². The Kier molecular flexibility index (Phi) is 5.40. The molecule has 0 aromatic rings. The molecule has 0 saturated carbocycles. The summed E-state index contributed by atoms with van der Waals surface area (Å²) in [6, 6.07) is 0. The molecular formula is C19H32O7. The highest BCUT2D eigenvalue weighted by molar-refractivity contribution is 5.65. The number of fused-ring (bicyclic) bond motifs is 3. The summed E-state index contributed by atoms with van der Waals surface area (Å²) < 4.78 is 35.9. The third kappa shape index (κ3) is 4.07. The molecule has 3 saturated heterocycles. The van der Waals surface area contributed by atoms with E-state index >= 15 is 0 Å². The maximum absolute atomic E-state index is 11.1. The second-order valence-electron chi connectivity index (χ2n) is 8.42. The van der Waals surface area contributed by atoms with Crippen LogP contribution in [0.3, 0.4) is 0 Å². The first kappa shape index (κ1) is 20.0. The van der Waals surface area contributed by atoms with E-state index in [4.69, 9.17) is 28.4 Å². The predicted molar refractivity (Wildman–Crippen MR) is 92.2 cm³/mol. The predicted octanol–water partition coefficient (Wildman–Crippen LogP) is 2.75. The molecule has 0 unspecified atom stereocenters. The van der Waals surface area contributed by atoms with Crippen LogP contribution in [0.5, 0.6) is 0 Å². The number of rotatable bonds is 6. The van der Waals surface area contributed by atoms with Crippen molar-refractivity contribution in [2.75, 3.05) is 13.2 Å². The zero-order valence-corrected chi connectivity index (χ0v) is 16.7. The molecular weight excluding hydrogens is 340 g/mol. The fourth-order valence-corrected chi connectivity index (χ4v) is 4.11. The van der Waals surface area contributed by atoms with Crippen molar-refractivity contribution in [3.8, 4) is 0 Å². The zero-order valence-electron chi connectivity index (χ0n) is 16.7. The second kappa shape index (κ2) is 7.02. The van der Waals surface area contributed by atoms with Crippen LogP contribution in [0.25, 0.3) is 0 Å². The first-order chi connectivity index (χ1) is 12.1. The highest BCUT2D eigenvalue weighted by Crippen LogP contribution is 2.49. The number of carbonyl (C=O) groups excluding carboxylic acids is 1. The minimum atomic E-state index is -0.863. The minimum absolute atomic E-state index is 0.163. The summed E-state index contributed by atoms with van der Waals surface area (Å²) in [6.07, 6.45) is 1.62. The lowest BCUT2D eigenvalue weighted by Crippen LogP contribution is -2.58. The van der Waals surface area contributed by atoms with E-state index in [-0.39, 0.29) is 30.2 Å². The highest BCUT2D eigenvalue weighted by Gasteiger charge is 2.64. The van der Waals surface area contributed by atoms with Gasteiger partial charge >= 0.3 is 5.97 Å². The lowest BCUT2D eigenvalue weighted by atomic mass is 9.90. The molecule has 3 fully saturated rings. The van der Waals surface area contributed by atoms with Crippen molar-refractivity contribution < 1.29 is 33.2 Å². The van der Waals surface area contributed by atoms with E-state index in [1.165, 1.54) is 6.92 Å². The number of ether oxygens (including phenoxy) is 6. The maximum atomic E-state index is 11.1. The Morgan fingerprint density at radius 3 is 2.54 bits per heavy atom. The van der Waals surface area contributed by atoms with Crippen molar-refractivity contribution in [3.63, 3.8) is 0 Å². The van der Waals surface area contributed by atoms with Gasteiger partial charge in [-0.3, -0.25) is 4.79 Å². The first-order valence-corrected chi connectivity index (χ1v) is 9.57. The van der Waals surface area contributed by atoms with Gasteiger partial charge in [-0.25, -0.2) is 0 Å². The summed E-state index contributed by atoms with van der Waals surface area (Å²) >= 11 is 0. The standard InChI is InChI=1S/C19H32O7/c1-7-13(10-21-12(2)20)8-9-19-16(25-18(5,6)26-19)15-14(11-22-19)23-17(3,4)24-15/h13-16H,7-11H2,1-6H3/t13-,14-,15-,16+,19+/m1/s1. The Bertz CT molecular complexity index is 532. The van der Waals surface area contributed by atoms with Crippen LogP contribution >= 0.6 is 0 Å². The van der Waals surface area contributed by atoms with Gasteiger partial charge in [0.25, 0.3) is 0 Å². The number of hydrogen-bond acceptors (Lipinski definition) is 7. The summed E-state index contributed by atoms with van der Waals surface area (Å²) in [4.78, 5) is 11.1. The van der Waals surface area contributed by atoms with Crippen molar-refractivity contribution in [1.29, 1.82) is 0 Å². The molecule has 3 rings (SSSR count). The van der Waals surface area contributed by atoms with Gasteiger partial charge in [0.1, 0.15) is 18.3 Å².